The van der Waals surface area contributed by atoms with Crippen LogP contribution in [0.3, 0.4) is 0 Å². The van der Waals surface area contributed by atoms with Crippen LogP contribution >= 0.6 is 11.6 Å². The van der Waals surface area contributed by atoms with E-state index in [1.807, 2.05) is 12.1 Å². The molecule has 0 amide bonds. The molecule has 0 aliphatic carbocycles. The molecule has 0 aliphatic rings. The van der Waals surface area contributed by atoms with Gasteiger partial charge >= 0.3 is 0 Å². The van der Waals surface area contributed by atoms with Crippen molar-refractivity contribution in [1.29, 1.82) is 0 Å². The topological polar surface area (TPSA) is 50.7 Å². The van der Waals surface area contributed by atoms with Gasteiger partial charge in [-0.1, -0.05) is 24.3 Å². The second-order valence-electron chi connectivity index (χ2n) is 4.32. The number of unbranched alkanes of at least 4 members (excludes halogenated alkanes) is 1. The van der Waals surface area contributed by atoms with Crippen LogP contribution in [0.25, 0.3) is 0 Å². The highest BCUT2D eigenvalue weighted by Crippen LogP contribution is 2.36. The Balaban J connectivity index is 2.64. The van der Waals surface area contributed by atoms with Gasteiger partial charge in [-0.05, 0) is 37.1 Å². The number of methoxy groups -OCH3 is 1. The largest absolute Gasteiger partial charge is 0.493 e. The Bertz CT molecular complexity index is 424. The molecule has 0 unspecified atom stereocenters. The van der Waals surface area contributed by atoms with Gasteiger partial charge in [0.25, 0.3) is 0 Å². The van der Waals surface area contributed by atoms with Crippen LogP contribution in [-0.4, -0.2) is 32.0 Å². The lowest BCUT2D eigenvalue weighted by molar-refractivity contribution is 0.283. The number of ether oxygens (including phenoxy) is 2. The van der Waals surface area contributed by atoms with Crippen molar-refractivity contribution in [2.24, 2.45) is 0 Å². The summed E-state index contributed by atoms with van der Waals surface area (Å²) in [5.74, 6) is 1.16. The molecule has 0 fully saturated rings. The lowest BCUT2D eigenvalue weighted by Crippen LogP contribution is -2.15. The highest BCUT2D eigenvalue weighted by Gasteiger charge is 2.11. The molecule has 1 aromatic carbocycles. The molecule has 2 N–H and O–H groups in total. The molecule has 0 saturated carbocycles. The Morgan fingerprint density at radius 2 is 2.20 bits per heavy atom. The molecule has 112 valence electrons. The predicted octanol–water partition coefficient (Wildman–Crippen LogP) is 2.78. The first-order valence-corrected chi connectivity index (χ1v) is 7.02. The minimum atomic E-state index is 0.233. The van der Waals surface area contributed by atoms with Gasteiger partial charge in [-0.3, -0.25) is 0 Å². The van der Waals surface area contributed by atoms with E-state index in [9.17, 15) is 0 Å². The van der Waals surface area contributed by atoms with E-state index in [0.717, 1.165) is 24.9 Å². The predicted molar refractivity (Wildman–Crippen MR) is 81.7 cm³/mol. The Labute approximate surface area is 125 Å². The van der Waals surface area contributed by atoms with Crippen LogP contribution in [0.1, 0.15) is 18.4 Å². The molecule has 0 heterocycles. The lowest BCUT2D eigenvalue weighted by Gasteiger charge is -2.13. The van der Waals surface area contributed by atoms with E-state index in [-0.39, 0.29) is 6.61 Å². The van der Waals surface area contributed by atoms with E-state index in [2.05, 4.69) is 11.9 Å². The molecule has 0 atom stereocenters. The third kappa shape index (κ3) is 5.41. The third-order valence-corrected chi connectivity index (χ3v) is 3.01. The Morgan fingerprint density at radius 3 is 2.85 bits per heavy atom. The van der Waals surface area contributed by atoms with Crippen LogP contribution in [0.5, 0.6) is 11.5 Å². The van der Waals surface area contributed by atoms with Crippen molar-refractivity contribution in [3.05, 3.63) is 35.4 Å². The quantitative estimate of drug-likeness (QED) is 0.515. The minimum absolute atomic E-state index is 0.233. The molecule has 1 rings (SSSR count). The SMILES string of the molecule is C=CCOc1c(Cl)cc(CNCCCCO)cc1OC. The fourth-order valence-electron chi connectivity index (χ4n) is 1.75. The number of hydrogen-bond donors (Lipinski definition) is 2. The van der Waals surface area contributed by atoms with Crippen LogP contribution in [0.4, 0.5) is 0 Å². The lowest BCUT2D eigenvalue weighted by atomic mass is 10.2. The summed E-state index contributed by atoms with van der Waals surface area (Å²) >= 11 is 6.21. The Morgan fingerprint density at radius 1 is 1.40 bits per heavy atom. The molecule has 20 heavy (non-hydrogen) atoms. The van der Waals surface area contributed by atoms with Crippen molar-refractivity contribution >= 4 is 11.6 Å². The van der Waals surface area contributed by atoms with Crippen LogP contribution in [0, 0.1) is 0 Å². The van der Waals surface area contributed by atoms with E-state index < -0.39 is 0 Å². The normalized spacial score (nSPS) is 10.3. The second kappa shape index (κ2) is 9.64. The highest BCUT2D eigenvalue weighted by atomic mass is 35.5. The molecule has 0 spiro atoms. The number of hydrogen-bond acceptors (Lipinski definition) is 4. The molecular formula is C15H22ClNO3. The van der Waals surface area contributed by atoms with E-state index in [1.165, 1.54) is 0 Å². The summed E-state index contributed by atoms with van der Waals surface area (Å²) in [7, 11) is 1.59. The number of nitrogens with one attached hydrogen (secondary N) is 1. The van der Waals surface area contributed by atoms with Gasteiger partial charge in [0.15, 0.2) is 11.5 Å². The summed E-state index contributed by atoms with van der Waals surface area (Å²) in [4.78, 5) is 0. The first kappa shape index (κ1) is 16.8. The zero-order valence-corrected chi connectivity index (χ0v) is 12.6. The van der Waals surface area contributed by atoms with Gasteiger partial charge in [-0.25, -0.2) is 0 Å². The molecule has 0 radical (unpaired) electrons. The molecular weight excluding hydrogens is 278 g/mol. The van der Waals surface area contributed by atoms with Crippen LogP contribution in [0.15, 0.2) is 24.8 Å². The maximum absolute atomic E-state index is 8.71. The molecule has 4 nitrogen and oxygen atoms in total. The molecule has 0 bridgehead atoms. The highest BCUT2D eigenvalue weighted by molar-refractivity contribution is 6.32. The van der Waals surface area contributed by atoms with Gasteiger partial charge in [0.05, 0.1) is 12.1 Å². The van der Waals surface area contributed by atoms with E-state index in [0.29, 0.717) is 29.7 Å². The van der Waals surface area contributed by atoms with Gasteiger partial charge in [-0.2, -0.15) is 0 Å². The molecule has 0 saturated heterocycles. The van der Waals surface area contributed by atoms with Gasteiger partial charge in [0.1, 0.15) is 6.61 Å². The second-order valence-corrected chi connectivity index (χ2v) is 4.72. The van der Waals surface area contributed by atoms with Gasteiger partial charge in [0.2, 0.25) is 0 Å². The first-order valence-electron chi connectivity index (χ1n) is 6.64. The minimum Gasteiger partial charge on any atom is -0.493 e. The fourth-order valence-corrected chi connectivity index (χ4v) is 2.04. The molecule has 5 heteroatoms. The van der Waals surface area contributed by atoms with Crippen molar-refractivity contribution < 1.29 is 14.6 Å². The van der Waals surface area contributed by atoms with Gasteiger partial charge < -0.3 is 19.9 Å². The van der Waals surface area contributed by atoms with Crippen molar-refractivity contribution in [1.82, 2.24) is 5.32 Å². The van der Waals surface area contributed by atoms with Crippen molar-refractivity contribution in [3.8, 4) is 11.5 Å². The van der Waals surface area contributed by atoms with E-state index in [4.69, 9.17) is 26.2 Å². The average molecular weight is 300 g/mol. The zero-order valence-electron chi connectivity index (χ0n) is 11.8. The van der Waals surface area contributed by atoms with E-state index >= 15 is 0 Å². The van der Waals surface area contributed by atoms with Crippen LogP contribution in [0.2, 0.25) is 5.02 Å². The van der Waals surface area contributed by atoms with Gasteiger partial charge in [0, 0.05) is 13.2 Å². The summed E-state index contributed by atoms with van der Waals surface area (Å²) in [6.45, 7) is 5.78. The maximum atomic E-state index is 8.71. The monoisotopic (exact) mass is 299 g/mol. The maximum Gasteiger partial charge on any atom is 0.180 e. The summed E-state index contributed by atoms with van der Waals surface area (Å²) in [5, 5.41) is 12.5. The third-order valence-electron chi connectivity index (χ3n) is 2.73. The number of aliphatic hydroxyl groups is 1. The van der Waals surface area contributed by atoms with Gasteiger partial charge in [-0.15, -0.1) is 0 Å². The van der Waals surface area contributed by atoms with Crippen molar-refractivity contribution in [2.75, 3.05) is 26.9 Å². The first-order chi connectivity index (χ1) is 9.72. The summed E-state index contributed by atoms with van der Waals surface area (Å²) in [6.07, 6.45) is 3.42. The molecule has 0 aromatic heterocycles. The standard InChI is InChI=1S/C15H22ClNO3/c1-3-8-20-15-13(16)9-12(10-14(15)19-2)11-17-6-4-5-7-18/h3,9-10,17-18H,1,4-8,11H2,2H3. The number of rotatable bonds is 10. The van der Waals surface area contributed by atoms with Crippen LogP contribution < -0.4 is 14.8 Å². The molecule has 1 aromatic rings. The Kier molecular flexibility index (Phi) is 8.11. The number of halogens is 1. The smallest absolute Gasteiger partial charge is 0.180 e. The zero-order chi connectivity index (χ0) is 14.8. The summed E-state index contributed by atoms with van der Waals surface area (Å²) in [6, 6.07) is 3.77. The Hall–Kier alpha value is -1.23. The number of benzene rings is 1. The van der Waals surface area contributed by atoms with Crippen LogP contribution in [-0.2, 0) is 6.54 Å². The fraction of sp³-hybridized carbons (Fsp3) is 0.467. The molecule has 0 aliphatic heterocycles. The summed E-state index contributed by atoms with van der Waals surface area (Å²) in [5.41, 5.74) is 1.03. The van der Waals surface area contributed by atoms with Crippen molar-refractivity contribution in [2.45, 2.75) is 19.4 Å². The average Bonchev–Trinajstić information content (AvgIpc) is 2.45. The number of aliphatic hydroxyl groups excluding tert-OH is 1. The van der Waals surface area contributed by atoms with E-state index in [1.54, 1.807) is 13.2 Å². The van der Waals surface area contributed by atoms with Crippen molar-refractivity contribution in [3.63, 3.8) is 0 Å². The summed E-state index contributed by atoms with van der Waals surface area (Å²) < 4.78 is 10.8.